The summed E-state index contributed by atoms with van der Waals surface area (Å²) in [5, 5.41) is 0. The second kappa shape index (κ2) is 3.85. The van der Waals surface area contributed by atoms with Crippen LogP contribution in [0.1, 0.15) is 6.42 Å². The van der Waals surface area contributed by atoms with E-state index in [1.54, 1.807) is 0 Å². The summed E-state index contributed by atoms with van der Waals surface area (Å²) in [7, 11) is -3.54. The van der Waals surface area contributed by atoms with Crippen molar-refractivity contribution >= 4 is 9.84 Å². The molecular formula is C5H9F2O2S. The minimum Gasteiger partial charge on any atom is -0.229 e. The molecule has 0 aromatic rings. The first kappa shape index (κ1) is 9.81. The van der Waals surface area contributed by atoms with E-state index in [0.717, 1.165) is 0 Å². The van der Waals surface area contributed by atoms with Gasteiger partial charge in [-0.2, -0.15) is 0 Å². The van der Waals surface area contributed by atoms with Crippen molar-refractivity contribution in [3.8, 4) is 0 Å². The van der Waals surface area contributed by atoms with Gasteiger partial charge in [-0.3, -0.25) is 0 Å². The quantitative estimate of drug-likeness (QED) is 0.629. The molecule has 0 fully saturated rings. The van der Waals surface area contributed by atoms with E-state index in [1.165, 1.54) is 0 Å². The van der Waals surface area contributed by atoms with Crippen LogP contribution >= 0.6 is 0 Å². The molecule has 2 nitrogen and oxygen atoms in total. The molecule has 61 valence electrons. The summed E-state index contributed by atoms with van der Waals surface area (Å²) < 4.78 is 44.0. The molecule has 0 rings (SSSR count). The van der Waals surface area contributed by atoms with Crippen molar-refractivity contribution < 1.29 is 17.2 Å². The largest absolute Gasteiger partial charge is 0.252 e. The Morgan fingerprint density at radius 2 is 1.90 bits per heavy atom. The summed E-state index contributed by atoms with van der Waals surface area (Å²) in [6.07, 6.45) is -2.62. The third kappa shape index (κ3) is 4.67. The zero-order valence-electron chi connectivity index (χ0n) is 5.39. The van der Waals surface area contributed by atoms with Gasteiger partial charge in [0.2, 0.25) is 0 Å². The smallest absolute Gasteiger partial charge is 0.229 e. The molecule has 0 heterocycles. The molecule has 0 aromatic heterocycles. The van der Waals surface area contributed by atoms with E-state index < -0.39 is 22.0 Å². The van der Waals surface area contributed by atoms with E-state index in [9.17, 15) is 17.2 Å². The fourth-order valence-corrected chi connectivity index (χ4v) is 1.49. The van der Waals surface area contributed by atoms with Crippen LogP contribution in [0.4, 0.5) is 8.78 Å². The summed E-state index contributed by atoms with van der Waals surface area (Å²) in [4.78, 5) is 0. The Balaban J connectivity index is 3.89. The van der Waals surface area contributed by atoms with Gasteiger partial charge in [-0.1, -0.05) is 6.92 Å². The number of rotatable bonds is 4. The maximum Gasteiger partial charge on any atom is 0.252 e. The first-order chi connectivity index (χ1) is 4.48. The molecule has 0 aliphatic rings. The highest BCUT2D eigenvalue weighted by atomic mass is 32.2. The van der Waals surface area contributed by atoms with E-state index >= 15 is 0 Å². The minimum absolute atomic E-state index is 0.148. The van der Waals surface area contributed by atoms with Gasteiger partial charge in [0, 0.05) is 0 Å². The van der Waals surface area contributed by atoms with Gasteiger partial charge >= 0.3 is 0 Å². The summed E-state index contributed by atoms with van der Waals surface area (Å²) >= 11 is 0. The molecule has 0 aliphatic carbocycles. The van der Waals surface area contributed by atoms with Gasteiger partial charge in [0.05, 0.1) is 5.75 Å². The van der Waals surface area contributed by atoms with Crippen LogP contribution in [0.2, 0.25) is 0 Å². The highest BCUT2D eigenvalue weighted by Crippen LogP contribution is 2.00. The van der Waals surface area contributed by atoms with Gasteiger partial charge in [-0.15, -0.1) is 0 Å². The average molecular weight is 171 g/mol. The van der Waals surface area contributed by atoms with Gasteiger partial charge < -0.3 is 0 Å². The lowest BCUT2D eigenvalue weighted by molar-refractivity contribution is 0.174. The highest BCUT2D eigenvalue weighted by Gasteiger charge is 2.16. The van der Waals surface area contributed by atoms with E-state index in [4.69, 9.17) is 0 Å². The lowest BCUT2D eigenvalue weighted by Crippen LogP contribution is -2.16. The molecule has 0 aromatic carbocycles. The monoisotopic (exact) mass is 171 g/mol. The fourth-order valence-electron chi connectivity index (χ4n) is 0.495. The second-order valence-corrected chi connectivity index (χ2v) is 4.09. The molecule has 0 unspecified atom stereocenters. The zero-order valence-corrected chi connectivity index (χ0v) is 6.20. The maximum atomic E-state index is 11.5. The third-order valence-corrected chi connectivity index (χ3v) is 2.51. The van der Waals surface area contributed by atoms with Gasteiger partial charge in [0.1, 0.15) is 5.75 Å². The molecule has 0 aliphatic heterocycles. The van der Waals surface area contributed by atoms with Crippen LogP contribution in [0.5, 0.6) is 0 Å². The van der Waals surface area contributed by atoms with Crippen LogP contribution in [0.3, 0.4) is 0 Å². The molecule has 0 saturated carbocycles. The number of hydrogen-bond acceptors (Lipinski definition) is 2. The Hall–Kier alpha value is -0.190. The van der Waals surface area contributed by atoms with Crippen molar-refractivity contribution in [2.24, 2.45) is 0 Å². The number of hydrogen-bond donors (Lipinski definition) is 0. The Bertz CT molecular complexity index is 174. The summed E-state index contributed by atoms with van der Waals surface area (Å²) in [5.74, 6) is -1.29. The van der Waals surface area contributed by atoms with Gasteiger partial charge in [0.15, 0.2) is 9.84 Å². The van der Waals surface area contributed by atoms with Crippen LogP contribution in [-0.2, 0) is 9.84 Å². The van der Waals surface area contributed by atoms with Crippen molar-refractivity contribution in [1.82, 2.24) is 0 Å². The average Bonchev–Trinajstić information content (AvgIpc) is 1.59. The standard InChI is InChI=1S/C5H9F2O2S/c1-2-3-10(8,9)4-5(6)7/h5H,1-4H2. The van der Waals surface area contributed by atoms with Crippen molar-refractivity contribution in [3.05, 3.63) is 6.92 Å². The van der Waals surface area contributed by atoms with Crippen molar-refractivity contribution in [3.63, 3.8) is 0 Å². The normalized spacial score (nSPS) is 12.4. The molecule has 0 N–H and O–H groups in total. The molecule has 0 spiro atoms. The molecule has 0 atom stereocenters. The highest BCUT2D eigenvalue weighted by molar-refractivity contribution is 7.91. The van der Waals surface area contributed by atoms with E-state index in [1.807, 2.05) is 0 Å². The van der Waals surface area contributed by atoms with Crippen LogP contribution in [-0.4, -0.2) is 26.3 Å². The Morgan fingerprint density at radius 1 is 1.40 bits per heavy atom. The number of sulfone groups is 1. The van der Waals surface area contributed by atoms with Crippen LogP contribution in [0, 0.1) is 6.92 Å². The Morgan fingerprint density at radius 3 is 2.20 bits per heavy atom. The lowest BCUT2D eigenvalue weighted by Gasteiger charge is -1.99. The molecule has 10 heavy (non-hydrogen) atoms. The van der Waals surface area contributed by atoms with Crippen LogP contribution < -0.4 is 0 Å². The Kier molecular flexibility index (Phi) is 3.78. The van der Waals surface area contributed by atoms with E-state index in [2.05, 4.69) is 6.92 Å². The molecule has 5 heteroatoms. The predicted molar refractivity (Wildman–Crippen MR) is 34.6 cm³/mol. The topological polar surface area (TPSA) is 34.1 Å². The SMILES string of the molecule is [CH2]CCS(=O)(=O)CC(F)F. The molecular weight excluding hydrogens is 162 g/mol. The molecule has 0 saturated heterocycles. The van der Waals surface area contributed by atoms with Crippen LogP contribution in [0.25, 0.3) is 0 Å². The van der Waals surface area contributed by atoms with Crippen LogP contribution in [0.15, 0.2) is 0 Å². The van der Waals surface area contributed by atoms with E-state index in [0.29, 0.717) is 0 Å². The first-order valence-corrected chi connectivity index (χ1v) is 4.58. The second-order valence-electron chi connectivity index (χ2n) is 1.86. The minimum atomic E-state index is -3.54. The summed E-state index contributed by atoms with van der Waals surface area (Å²) in [6, 6.07) is 0. The summed E-state index contributed by atoms with van der Waals surface area (Å²) in [6.45, 7) is 3.25. The van der Waals surface area contributed by atoms with Gasteiger partial charge in [-0.25, -0.2) is 17.2 Å². The van der Waals surface area contributed by atoms with Crippen molar-refractivity contribution in [2.75, 3.05) is 11.5 Å². The number of alkyl halides is 2. The molecule has 1 radical (unpaired) electrons. The van der Waals surface area contributed by atoms with Gasteiger partial charge in [-0.05, 0) is 6.42 Å². The fraction of sp³-hybridized carbons (Fsp3) is 0.800. The summed E-state index contributed by atoms with van der Waals surface area (Å²) in [5.41, 5.74) is 0. The molecule has 0 amide bonds. The van der Waals surface area contributed by atoms with Gasteiger partial charge in [0.25, 0.3) is 6.43 Å². The predicted octanol–water partition coefficient (Wildman–Crippen LogP) is 0.890. The molecule has 0 bridgehead atoms. The lowest BCUT2D eigenvalue weighted by atomic mass is 10.6. The first-order valence-electron chi connectivity index (χ1n) is 2.76. The third-order valence-electron chi connectivity index (χ3n) is 0.835. The Labute approximate surface area is 59.2 Å². The van der Waals surface area contributed by atoms with E-state index in [-0.39, 0.29) is 12.2 Å². The zero-order chi connectivity index (χ0) is 8.20. The van der Waals surface area contributed by atoms with Crippen molar-refractivity contribution in [1.29, 1.82) is 0 Å². The number of halogens is 2. The van der Waals surface area contributed by atoms with Crippen molar-refractivity contribution in [2.45, 2.75) is 12.8 Å². The maximum absolute atomic E-state index is 11.5.